The summed E-state index contributed by atoms with van der Waals surface area (Å²) in [4.78, 5) is 3.43. The van der Waals surface area contributed by atoms with Gasteiger partial charge in [-0.15, -0.1) is 0 Å². The quantitative estimate of drug-likeness (QED) is 0.898. The van der Waals surface area contributed by atoms with Crippen molar-refractivity contribution >= 4 is 11.4 Å². The Morgan fingerprint density at radius 3 is 2.38 bits per heavy atom. The van der Waals surface area contributed by atoms with Crippen molar-refractivity contribution in [2.75, 3.05) is 11.9 Å². The maximum absolute atomic E-state index is 12.5. The molecular formula is C17H14F3N3O. The third-order valence-electron chi connectivity index (χ3n) is 4.06. The molecule has 0 radical (unpaired) electrons. The fourth-order valence-corrected chi connectivity index (χ4v) is 2.88. The van der Waals surface area contributed by atoms with Gasteiger partial charge in [0.2, 0.25) is 0 Å². The first-order chi connectivity index (χ1) is 11.5. The van der Waals surface area contributed by atoms with Gasteiger partial charge in [-0.1, -0.05) is 12.1 Å². The third kappa shape index (κ3) is 2.82. The van der Waals surface area contributed by atoms with E-state index in [9.17, 15) is 13.2 Å². The maximum atomic E-state index is 12.5. The number of anilines is 2. The van der Waals surface area contributed by atoms with Crippen molar-refractivity contribution < 1.29 is 17.9 Å². The number of aromatic nitrogens is 1. The average Bonchev–Trinajstić information content (AvgIpc) is 3.18. The van der Waals surface area contributed by atoms with Crippen LogP contribution in [0.3, 0.4) is 0 Å². The molecule has 0 fully saturated rings. The highest BCUT2D eigenvalue weighted by atomic mass is 19.4. The predicted octanol–water partition coefficient (Wildman–Crippen LogP) is 3.77. The number of halogens is 3. The normalized spacial score (nSPS) is 22.2. The van der Waals surface area contributed by atoms with Gasteiger partial charge in [0.25, 0.3) is 0 Å². The molecule has 0 unspecified atom stereocenters. The van der Waals surface area contributed by atoms with Crippen molar-refractivity contribution in [3.8, 4) is 0 Å². The van der Waals surface area contributed by atoms with Gasteiger partial charge in [0, 0.05) is 5.69 Å². The number of rotatable bonds is 3. The highest BCUT2D eigenvalue weighted by Gasteiger charge is 2.35. The minimum Gasteiger partial charge on any atom is -0.487 e. The fraction of sp³-hybridized carbons (Fsp3) is 0.235. The summed E-state index contributed by atoms with van der Waals surface area (Å²) in [5, 5.41) is 6.38. The van der Waals surface area contributed by atoms with Crippen LogP contribution < -0.4 is 10.6 Å². The number of fused-ring (bicyclic) bond motifs is 1. The molecule has 4 rings (SSSR count). The second kappa shape index (κ2) is 5.52. The molecule has 0 saturated carbocycles. The lowest BCUT2D eigenvalue weighted by molar-refractivity contribution is -0.141. The van der Waals surface area contributed by atoms with E-state index in [0.29, 0.717) is 5.69 Å². The van der Waals surface area contributed by atoms with Crippen LogP contribution in [0.1, 0.15) is 17.4 Å². The van der Waals surface area contributed by atoms with E-state index in [2.05, 4.69) is 21.7 Å². The van der Waals surface area contributed by atoms with Gasteiger partial charge in [-0.25, -0.2) is 4.98 Å². The molecule has 0 amide bonds. The Bertz CT molecular complexity index is 769. The van der Waals surface area contributed by atoms with Gasteiger partial charge in [-0.2, -0.15) is 13.2 Å². The molecule has 2 aliphatic heterocycles. The molecule has 3 heterocycles. The topological polar surface area (TPSA) is 46.2 Å². The van der Waals surface area contributed by atoms with Gasteiger partial charge < -0.3 is 10.1 Å². The summed E-state index contributed by atoms with van der Waals surface area (Å²) >= 11 is 0. The summed E-state index contributed by atoms with van der Waals surface area (Å²) in [6.07, 6.45) is -1.18. The smallest absolute Gasteiger partial charge is 0.433 e. The molecule has 2 bridgehead atoms. The molecule has 2 aromatic rings. The first kappa shape index (κ1) is 15.0. The van der Waals surface area contributed by atoms with Crippen LogP contribution >= 0.6 is 0 Å². The van der Waals surface area contributed by atoms with Crippen molar-refractivity contribution in [1.82, 2.24) is 10.3 Å². The third-order valence-corrected chi connectivity index (χ3v) is 4.06. The summed E-state index contributed by atoms with van der Waals surface area (Å²) in [7, 11) is 0. The van der Waals surface area contributed by atoms with Gasteiger partial charge in [-0.05, 0) is 35.9 Å². The van der Waals surface area contributed by atoms with Crippen LogP contribution in [0.5, 0.6) is 0 Å². The second-order valence-corrected chi connectivity index (χ2v) is 5.75. The zero-order chi connectivity index (χ0) is 16.7. The minimum absolute atomic E-state index is 0.0180. The van der Waals surface area contributed by atoms with Gasteiger partial charge in [0.1, 0.15) is 17.6 Å². The maximum Gasteiger partial charge on any atom is 0.433 e. The highest BCUT2D eigenvalue weighted by Crippen LogP contribution is 2.35. The number of morpholine rings is 1. The van der Waals surface area contributed by atoms with Crippen LogP contribution in [0.15, 0.2) is 54.4 Å². The zero-order valence-corrected chi connectivity index (χ0v) is 12.5. The molecule has 1 aromatic heterocycles. The van der Waals surface area contributed by atoms with E-state index in [-0.39, 0.29) is 12.1 Å². The van der Waals surface area contributed by atoms with Gasteiger partial charge in [0.05, 0.1) is 24.5 Å². The largest absolute Gasteiger partial charge is 0.487 e. The molecule has 1 aromatic carbocycles. The Balaban J connectivity index is 1.44. The number of nitrogens with zero attached hydrogens (tertiary/aromatic N) is 1. The standard InChI is InChI=1S/C17H14F3N3O/c18-17(19,20)15-6-5-12(8-22-15)23-11-3-1-10(2-4-11)16-14-7-13(24-16)9-21-14/h1-8,14,16,21,23H,9H2/t14-,16+/m0/s1. The summed E-state index contributed by atoms with van der Waals surface area (Å²) in [5.41, 5.74) is 1.41. The molecule has 0 spiro atoms. The molecule has 2 N–H and O–H groups in total. The van der Waals surface area contributed by atoms with Crippen LogP contribution in [-0.4, -0.2) is 17.6 Å². The number of hydrogen-bond acceptors (Lipinski definition) is 4. The summed E-state index contributed by atoms with van der Waals surface area (Å²) < 4.78 is 43.3. The van der Waals surface area contributed by atoms with E-state index in [0.717, 1.165) is 29.6 Å². The molecular weight excluding hydrogens is 319 g/mol. The van der Waals surface area contributed by atoms with Crippen molar-refractivity contribution in [3.63, 3.8) is 0 Å². The lowest BCUT2D eigenvalue weighted by Gasteiger charge is -2.24. The average molecular weight is 333 g/mol. The molecule has 0 saturated heterocycles. The Morgan fingerprint density at radius 2 is 1.83 bits per heavy atom. The first-order valence-electron chi connectivity index (χ1n) is 7.50. The van der Waals surface area contributed by atoms with Gasteiger partial charge in [0.15, 0.2) is 0 Å². The molecule has 0 aliphatic carbocycles. The van der Waals surface area contributed by atoms with Crippen LogP contribution in [0, 0.1) is 0 Å². The van der Waals surface area contributed by atoms with Gasteiger partial charge >= 0.3 is 6.18 Å². The summed E-state index contributed by atoms with van der Waals surface area (Å²) in [5.74, 6) is 0.975. The minimum atomic E-state index is -4.43. The molecule has 24 heavy (non-hydrogen) atoms. The Kier molecular flexibility index (Phi) is 3.45. The Morgan fingerprint density at radius 1 is 1.08 bits per heavy atom. The lowest BCUT2D eigenvalue weighted by atomic mass is 10.0. The number of nitrogens with one attached hydrogen (secondary N) is 2. The lowest BCUT2D eigenvalue weighted by Crippen LogP contribution is -2.33. The number of benzene rings is 1. The fourth-order valence-electron chi connectivity index (χ4n) is 2.88. The molecule has 4 nitrogen and oxygen atoms in total. The molecule has 2 aliphatic rings. The Labute approximate surface area is 136 Å². The van der Waals surface area contributed by atoms with E-state index < -0.39 is 11.9 Å². The van der Waals surface area contributed by atoms with Crippen LogP contribution in [0.4, 0.5) is 24.5 Å². The molecule has 7 heteroatoms. The number of pyridine rings is 1. The van der Waals surface area contributed by atoms with E-state index >= 15 is 0 Å². The van der Waals surface area contributed by atoms with Crippen LogP contribution in [0.2, 0.25) is 0 Å². The monoisotopic (exact) mass is 333 g/mol. The number of ether oxygens (including phenoxy) is 1. The SMILES string of the molecule is FC(F)(F)c1ccc(Nc2ccc([C@H]3OC4=C[C@@H]3NC4)cc2)cn1. The van der Waals surface area contributed by atoms with Crippen molar-refractivity contribution in [2.45, 2.75) is 18.3 Å². The Hall–Kier alpha value is -2.54. The number of hydrogen-bond donors (Lipinski definition) is 2. The van der Waals surface area contributed by atoms with E-state index in [1.807, 2.05) is 24.3 Å². The van der Waals surface area contributed by atoms with Crippen molar-refractivity contribution in [1.29, 1.82) is 0 Å². The molecule has 2 atom stereocenters. The van der Waals surface area contributed by atoms with E-state index in [4.69, 9.17) is 4.74 Å². The van der Waals surface area contributed by atoms with Crippen molar-refractivity contribution in [3.05, 3.63) is 65.7 Å². The first-order valence-corrected chi connectivity index (χ1v) is 7.50. The summed E-state index contributed by atoms with van der Waals surface area (Å²) in [6.45, 7) is 0.779. The van der Waals surface area contributed by atoms with Gasteiger partial charge in [-0.3, -0.25) is 5.32 Å². The molecule has 124 valence electrons. The van der Waals surface area contributed by atoms with Crippen LogP contribution in [0.25, 0.3) is 0 Å². The number of alkyl halides is 3. The van der Waals surface area contributed by atoms with E-state index in [1.54, 1.807) is 0 Å². The summed E-state index contributed by atoms with van der Waals surface area (Å²) in [6, 6.07) is 10.2. The predicted molar refractivity (Wildman–Crippen MR) is 82.7 cm³/mol. The zero-order valence-electron chi connectivity index (χ0n) is 12.5. The van der Waals surface area contributed by atoms with E-state index in [1.165, 1.54) is 12.3 Å². The van der Waals surface area contributed by atoms with Crippen LogP contribution in [-0.2, 0) is 10.9 Å². The van der Waals surface area contributed by atoms with Crippen molar-refractivity contribution in [2.24, 2.45) is 0 Å². The second-order valence-electron chi connectivity index (χ2n) is 5.75. The highest BCUT2D eigenvalue weighted by molar-refractivity contribution is 5.59.